The molecule has 0 bridgehead atoms. The molecule has 1 aliphatic heterocycles. The maximum Gasteiger partial charge on any atom is 0.0865 e. The summed E-state index contributed by atoms with van der Waals surface area (Å²) in [6.07, 6.45) is 9.31. The third kappa shape index (κ3) is 3.88. The molecule has 5 rings (SSSR count). The molecule has 6 unspecified atom stereocenters. The average Bonchev–Trinajstić information content (AvgIpc) is 3.31. The molecule has 5 heteroatoms. The molecule has 4 aliphatic carbocycles. The maximum atomic E-state index is 11.9. The van der Waals surface area contributed by atoms with Gasteiger partial charge in [0.1, 0.15) is 0 Å². The van der Waals surface area contributed by atoms with Crippen molar-refractivity contribution in [1.29, 1.82) is 0 Å². The van der Waals surface area contributed by atoms with Crippen LogP contribution < -0.4 is 0 Å². The van der Waals surface area contributed by atoms with Crippen LogP contribution in [0, 0.1) is 39.4 Å². The fourth-order valence-electron chi connectivity index (χ4n) is 10.7. The molecule has 5 fully saturated rings. The van der Waals surface area contributed by atoms with Gasteiger partial charge in [-0.2, -0.15) is 0 Å². The number of ether oxygens (including phenoxy) is 1. The molecule has 208 valence electrons. The van der Waals surface area contributed by atoms with E-state index in [1.165, 1.54) is 12.8 Å². The second-order valence-electron chi connectivity index (χ2n) is 15.8. The van der Waals surface area contributed by atoms with Gasteiger partial charge in [0.15, 0.2) is 0 Å². The van der Waals surface area contributed by atoms with Crippen LogP contribution in [-0.4, -0.2) is 56.0 Å². The predicted molar refractivity (Wildman–Crippen MR) is 141 cm³/mol. The molecule has 1 saturated heterocycles. The normalized spacial score (nSPS) is 50.8. The van der Waals surface area contributed by atoms with E-state index in [1.807, 2.05) is 13.8 Å². The van der Waals surface area contributed by atoms with E-state index in [-0.39, 0.29) is 45.7 Å². The number of aliphatic hydroxyl groups excluding tert-OH is 3. The summed E-state index contributed by atoms with van der Waals surface area (Å²) in [5.74, 6) is 0.493. The Morgan fingerprint density at radius 3 is 2.14 bits per heavy atom. The third-order valence-corrected chi connectivity index (χ3v) is 13.0. The van der Waals surface area contributed by atoms with Gasteiger partial charge in [0.05, 0.1) is 35.6 Å². The molecule has 0 aromatic heterocycles. The summed E-state index contributed by atoms with van der Waals surface area (Å²) >= 11 is 0. The van der Waals surface area contributed by atoms with Crippen molar-refractivity contribution < 1.29 is 25.2 Å². The lowest BCUT2D eigenvalue weighted by Gasteiger charge is -2.57. The van der Waals surface area contributed by atoms with Gasteiger partial charge in [-0.15, -0.1) is 0 Å². The topological polar surface area (TPSA) is 90.2 Å². The first-order valence-electron chi connectivity index (χ1n) is 14.9. The van der Waals surface area contributed by atoms with E-state index in [1.54, 1.807) is 0 Å². The first-order chi connectivity index (χ1) is 16.5. The summed E-state index contributed by atoms with van der Waals surface area (Å²) < 4.78 is 6.63. The average molecular weight is 507 g/mol. The Bertz CT molecular complexity index is 844. The van der Waals surface area contributed by atoms with Crippen LogP contribution >= 0.6 is 0 Å². The number of fused-ring (bicyclic) bond motifs is 1. The molecule has 4 N–H and O–H groups in total. The van der Waals surface area contributed by atoms with Crippen LogP contribution in [0.15, 0.2) is 0 Å². The quantitative estimate of drug-likeness (QED) is 0.411. The SMILES string of the molecule is CC(C)(O)C1CC[C@](C)(C2C(O)C[C@@]3(C)C(C[C@H](O)[C@@H]4C5(CCC(O)C4(C)C)CC5)CCCC23C)O1. The monoisotopic (exact) mass is 506 g/mol. The molecule has 1 heterocycles. The van der Waals surface area contributed by atoms with Crippen LogP contribution in [0.5, 0.6) is 0 Å². The van der Waals surface area contributed by atoms with E-state index in [2.05, 4.69) is 34.6 Å². The Hall–Kier alpha value is -0.200. The Kier molecular flexibility index (Phi) is 6.39. The molecule has 4 saturated carbocycles. The number of hydrogen-bond donors (Lipinski definition) is 4. The van der Waals surface area contributed by atoms with Gasteiger partial charge in [-0.05, 0) is 118 Å². The van der Waals surface area contributed by atoms with Crippen LogP contribution in [0.4, 0.5) is 0 Å². The van der Waals surface area contributed by atoms with Crippen molar-refractivity contribution in [3.05, 3.63) is 0 Å². The van der Waals surface area contributed by atoms with Crippen molar-refractivity contribution in [3.63, 3.8) is 0 Å². The number of aliphatic hydroxyl groups is 4. The lowest BCUT2D eigenvalue weighted by Crippen LogP contribution is -2.55. The summed E-state index contributed by atoms with van der Waals surface area (Å²) in [6.45, 7) is 14.9. The Labute approximate surface area is 219 Å². The van der Waals surface area contributed by atoms with Gasteiger partial charge in [-0.25, -0.2) is 0 Å². The van der Waals surface area contributed by atoms with Crippen LogP contribution in [-0.2, 0) is 4.74 Å². The largest absolute Gasteiger partial charge is 0.393 e. The molecular formula is C31H54O5. The standard InChI is InChI=1S/C31H54O5/c1-26(2)22(34)10-14-31(15-16-31)24(26)20(32)17-19-9-8-12-28(5)25(21(33)18-29(19,28)6)30(7)13-11-23(36-30)27(3,4)35/h19-25,32-35H,8-18H2,1-7H3/t19?,20-,21?,22?,23?,24-,25?,28?,29-,30+/m0/s1. The van der Waals surface area contributed by atoms with Crippen LogP contribution in [0.3, 0.4) is 0 Å². The molecule has 0 amide bonds. The fourth-order valence-corrected chi connectivity index (χ4v) is 10.7. The summed E-state index contributed by atoms with van der Waals surface area (Å²) in [7, 11) is 0. The predicted octanol–water partition coefficient (Wildman–Crippen LogP) is 5.22. The van der Waals surface area contributed by atoms with E-state index < -0.39 is 23.4 Å². The minimum atomic E-state index is -0.888. The van der Waals surface area contributed by atoms with Crippen molar-refractivity contribution in [1.82, 2.24) is 0 Å². The molecule has 5 nitrogen and oxygen atoms in total. The van der Waals surface area contributed by atoms with E-state index in [0.717, 1.165) is 57.8 Å². The highest BCUT2D eigenvalue weighted by Crippen LogP contribution is 2.71. The summed E-state index contributed by atoms with van der Waals surface area (Å²) in [5, 5.41) is 45.0. The Morgan fingerprint density at radius 1 is 0.889 bits per heavy atom. The first-order valence-corrected chi connectivity index (χ1v) is 14.9. The number of hydrogen-bond acceptors (Lipinski definition) is 5. The lowest BCUT2D eigenvalue weighted by molar-refractivity contribution is -0.179. The van der Waals surface area contributed by atoms with Gasteiger partial charge < -0.3 is 25.2 Å². The van der Waals surface area contributed by atoms with Gasteiger partial charge in [0.25, 0.3) is 0 Å². The second kappa shape index (κ2) is 8.40. The minimum Gasteiger partial charge on any atom is -0.393 e. The molecule has 0 aromatic carbocycles. The minimum absolute atomic E-state index is 0.0185. The van der Waals surface area contributed by atoms with Gasteiger partial charge in [-0.1, -0.05) is 34.1 Å². The molecule has 10 atom stereocenters. The van der Waals surface area contributed by atoms with Crippen LogP contribution in [0.1, 0.15) is 119 Å². The first kappa shape index (κ1) is 27.4. The Balaban J connectivity index is 1.40. The van der Waals surface area contributed by atoms with E-state index >= 15 is 0 Å². The molecule has 0 radical (unpaired) electrons. The highest BCUT2D eigenvalue weighted by Gasteiger charge is 2.69. The maximum absolute atomic E-state index is 11.9. The van der Waals surface area contributed by atoms with E-state index in [0.29, 0.717) is 5.92 Å². The molecule has 36 heavy (non-hydrogen) atoms. The highest BCUT2D eigenvalue weighted by atomic mass is 16.5. The summed E-state index contributed by atoms with van der Waals surface area (Å²) in [6, 6.07) is 0. The third-order valence-electron chi connectivity index (χ3n) is 13.0. The van der Waals surface area contributed by atoms with Crippen molar-refractivity contribution >= 4 is 0 Å². The zero-order chi connectivity index (χ0) is 26.5. The van der Waals surface area contributed by atoms with Crippen molar-refractivity contribution in [3.8, 4) is 0 Å². The number of rotatable bonds is 5. The zero-order valence-electron chi connectivity index (χ0n) is 24.0. The fraction of sp³-hybridized carbons (Fsp3) is 1.00. The van der Waals surface area contributed by atoms with Gasteiger partial charge >= 0.3 is 0 Å². The van der Waals surface area contributed by atoms with Gasteiger partial charge in [0.2, 0.25) is 0 Å². The lowest BCUT2D eigenvalue weighted by atomic mass is 9.49. The molecule has 0 aromatic rings. The van der Waals surface area contributed by atoms with E-state index in [4.69, 9.17) is 4.74 Å². The zero-order valence-corrected chi connectivity index (χ0v) is 24.0. The Morgan fingerprint density at radius 2 is 1.56 bits per heavy atom. The highest BCUT2D eigenvalue weighted by molar-refractivity contribution is 5.17. The van der Waals surface area contributed by atoms with Crippen molar-refractivity contribution in [2.24, 2.45) is 39.4 Å². The summed E-state index contributed by atoms with van der Waals surface area (Å²) in [4.78, 5) is 0. The van der Waals surface area contributed by atoms with Crippen molar-refractivity contribution in [2.75, 3.05) is 0 Å². The summed E-state index contributed by atoms with van der Waals surface area (Å²) in [5.41, 5.74) is -1.57. The molecular weight excluding hydrogens is 452 g/mol. The second-order valence-corrected chi connectivity index (χ2v) is 15.8. The molecule has 5 aliphatic rings. The van der Waals surface area contributed by atoms with Crippen LogP contribution in [0.25, 0.3) is 0 Å². The molecule has 1 spiro atoms. The van der Waals surface area contributed by atoms with Gasteiger partial charge in [0, 0.05) is 5.92 Å². The van der Waals surface area contributed by atoms with Gasteiger partial charge in [-0.3, -0.25) is 0 Å². The van der Waals surface area contributed by atoms with Crippen molar-refractivity contribution in [2.45, 2.75) is 155 Å². The van der Waals surface area contributed by atoms with Crippen LogP contribution in [0.2, 0.25) is 0 Å². The van der Waals surface area contributed by atoms with E-state index in [9.17, 15) is 20.4 Å². The smallest absolute Gasteiger partial charge is 0.0865 e.